The number of benzene rings is 2. The van der Waals surface area contributed by atoms with Gasteiger partial charge in [0.25, 0.3) is 5.91 Å². The Hall–Kier alpha value is -3.45. The summed E-state index contributed by atoms with van der Waals surface area (Å²) in [7, 11) is 0. The van der Waals surface area contributed by atoms with Gasteiger partial charge in [0.1, 0.15) is 17.6 Å². The number of aryl methyl sites for hydroxylation is 1. The van der Waals surface area contributed by atoms with Gasteiger partial charge in [0.2, 0.25) is 5.91 Å². The minimum absolute atomic E-state index is 0.0241. The van der Waals surface area contributed by atoms with Gasteiger partial charge in [0.05, 0.1) is 11.1 Å². The van der Waals surface area contributed by atoms with E-state index in [1.807, 2.05) is 24.3 Å². The summed E-state index contributed by atoms with van der Waals surface area (Å²) in [5, 5.41) is 6.42. The summed E-state index contributed by atoms with van der Waals surface area (Å²) in [6.07, 6.45) is 5.02. The van der Waals surface area contributed by atoms with Crippen LogP contribution in [0.25, 0.3) is 0 Å². The summed E-state index contributed by atoms with van der Waals surface area (Å²) >= 11 is 6.18. The molecule has 37 heavy (non-hydrogen) atoms. The predicted octanol–water partition coefficient (Wildman–Crippen LogP) is 5.50. The molecule has 1 saturated heterocycles. The highest BCUT2D eigenvalue weighted by Crippen LogP contribution is 2.51. The van der Waals surface area contributed by atoms with Crippen LogP contribution in [0.15, 0.2) is 52.9 Å². The SMILES string of the molecule is Cc1ccc(C(NC(=O)C2(c3ccc4c(c3)OCC(=O)N4)CC2)c2ccc(Cl)o2)c(N2CCCCC2)c1. The lowest BCUT2D eigenvalue weighted by molar-refractivity contribution is -0.124. The van der Waals surface area contributed by atoms with Crippen LogP contribution in [0.3, 0.4) is 0 Å². The summed E-state index contributed by atoms with van der Waals surface area (Å²) in [5.74, 6) is 0.959. The van der Waals surface area contributed by atoms with E-state index in [1.165, 1.54) is 12.0 Å². The molecule has 2 aliphatic heterocycles. The second-order valence-electron chi connectivity index (χ2n) is 10.3. The molecule has 0 bridgehead atoms. The number of rotatable bonds is 6. The number of piperidine rings is 1. The average Bonchev–Trinajstić information content (AvgIpc) is 3.62. The number of anilines is 2. The lowest BCUT2D eigenvalue weighted by Gasteiger charge is -2.33. The molecule has 1 unspecified atom stereocenters. The Morgan fingerprint density at radius 3 is 2.62 bits per heavy atom. The van der Waals surface area contributed by atoms with Gasteiger partial charge >= 0.3 is 0 Å². The predicted molar refractivity (Wildman–Crippen MR) is 142 cm³/mol. The molecule has 0 radical (unpaired) electrons. The normalized spacial score (nSPS) is 18.9. The molecule has 3 aromatic rings. The number of carbonyl (C=O) groups excluding carboxylic acids is 2. The quantitative estimate of drug-likeness (QED) is 0.449. The molecule has 2 aromatic carbocycles. The number of amides is 2. The van der Waals surface area contributed by atoms with Crippen molar-refractivity contribution in [2.75, 3.05) is 29.9 Å². The maximum absolute atomic E-state index is 14.0. The zero-order valence-electron chi connectivity index (χ0n) is 20.8. The van der Waals surface area contributed by atoms with E-state index in [1.54, 1.807) is 6.07 Å². The first-order valence-electron chi connectivity index (χ1n) is 12.9. The van der Waals surface area contributed by atoms with Crippen LogP contribution >= 0.6 is 11.6 Å². The summed E-state index contributed by atoms with van der Waals surface area (Å²) in [6.45, 7) is 4.05. The fourth-order valence-corrected chi connectivity index (χ4v) is 5.66. The van der Waals surface area contributed by atoms with Crippen molar-refractivity contribution < 1.29 is 18.7 Å². The highest BCUT2D eigenvalue weighted by atomic mass is 35.5. The topological polar surface area (TPSA) is 83.8 Å². The van der Waals surface area contributed by atoms with Crippen molar-refractivity contribution in [2.45, 2.75) is 50.5 Å². The molecular formula is C29H30ClN3O4. The van der Waals surface area contributed by atoms with E-state index in [0.29, 0.717) is 17.2 Å². The minimum Gasteiger partial charge on any atom is -0.482 e. The van der Waals surface area contributed by atoms with E-state index in [4.69, 9.17) is 20.8 Å². The second-order valence-corrected chi connectivity index (χ2v) is 10.7. The van der Waals surface area contributed by atoms with Crippen LogP contribution in [0.4, 0.5) is 11.4 Å². The molecule has 3 aliphatic rings. The molecule has 192 valence electrons. The number of carbonyl (C=O) groups is 2. The van der Waals surface area contributed by atoms with Gasteiger partial charge in [0.15, 0.2) is 11.8 Å². The van der Waals surface area contributed by atoms with Crippen LogP contribution in [-0.2, 0) is 15.0 Å². The largest absolute Gasteiger partial charge is 0.482 e. The molecule has 2 amide bonds. The van der Waals surface area contributed by atoms with E-state index in [2.05, 4.69) is 40.7 Å². The lowest BCUT2D eigenvalue weighted by Crippen LogP contribution is -2.39. The summed E-state index contributed by atoms with van der Waals surface area (Å²) in [6, 6.07) is 15.0. The van der Waals surface area contributed by atoms with Crippen LogP contribution < -0.4 is 20.3 Å². The Labute approximate surface area is 221 Å². The Morgan fingerprint density at radius 2 is 1.89 bits per heavy atom. The number of furan rings is 1. The van der Waals surface area contributed by atoms with Crippen LogP contribution in [0.5, 0.6) is 5.75 Å². The van der Waals surface area contributed by atoms with Crippen LogP contribution in [0, 0.1) is 6.92 Å². The third-order valence-corrected chi connectivity index (χ3v) is 7.90. The fourth-order valence-electron chi connectivity index (χ4n) is 5.51. The molecule has 3 heterocycles. The number of nitrogens with one attached hydrogen (secondary N) is 2. The third kappa shape index (κ3) is 4.57. The zero-order chi connectivity index (χ0) is 25.6. The maximum Gasteiger partial charge on any atom is 0.262 e. The minimum atomic E-state index is -0.648. The number of fused-ring (bicyclic) bond motifs is 1. The van der Waals surface area contributed by atoms with Crippen molar-refractivity contribution in [3.8, 4) is 5.75 Å². The van der Waals surface area contributed by atoms with Crippen LogP contribution in [-0.4, -0.2) is 31.5 Å². The van der Waals surface area contributed by atoms with E-state index in [9.17, 15) is 9.59 Å². The molecule has 2 N–H and O–H groups in total. The van der Waals surface area contributed by atoms with E-state index in [0.717, 1.165) is 55.6 Å². The molecule has 1 aliphatic carbocycles. The monoisotopic (exact) mass is 519 g/mol. The smallest absolute Gasteiger partial charge is 0.262 e. The fraction of sp³-hybridized carbons (Fsp3) is 0.379. The van der Waals surface area contributed by atoms with Gasteiger partial charge < -0.3 is 24.7 Å². The molecule has 8 heteroatoms. The van der Waals surface area contributed by atoms with Crippen molar-refractivity contribution in [3.63, 3.8) is 0 Å². The highest BCUT2D eigenvalue weighted by molar-refractivity contribution is 6.28. The van der Waals surface area contributed by atoms with Crippen molar-refractivity contribution >= 4 is 34.8 Å². The lowest BCUT2D eigenvalue weighted by atomic mass is 9.92. The highest BCUT2D eigenvalue weighted by Gasteiger charge is 2.52. The number of hydrogen-bond donors (Lipinski definition) is 2. The molecule has 2 fully saturated rings. The van der Waals surface area contributed by atoms with E-state index >= 15 is 0 Å². The number of nitrogens with zero attached hydrogens (tertiary/aromatic N) is 1. The van der Waals surface area contributed by atoms with Gasteiger partial charge in [-0.25, -0.2) is 0 Å². The first-order valence-corrected chi connectivity index (χ1v) is 13.3. The van der Waals surface area contributed by atoms with Crippen LogP contribution in [0.1, 0.15) is 60.6 Å². The standard InChI is InChI=1S/C29H30ClN3O4/c1-18-5-7-20(22(15-18)33-13-3-2-4-14-33)27(23-9-10-25(30)37-23)32-28(35)29(11-12-29)19-6-8-21-24(16-19)36-17-26(34)31-21/h5-10,15-16,27H,2-4,11-14,17H2,1H3,(H,31,34)(H,32,35). The molecule has 0 spiro atoms. The van der Waals surface area contributed by atoms with Crippen molar-refractivity contribution in [1.29, 1.82) is 0 Å². The van der Waals surface area contributed by atoms with Gasteiger partial charge in [-0.05, 0) is 92.1 Å². The maximum atomic E-state index is 14.0. The van der Waals surface area contributed by atoms with E-state index in [-0.39, 0.29) is 23.6 Å². The first kappa shape index (κ1) is 23.9. The van der Waals surface area contributed by atoms with Gasteiger partial charge in [-0.2, -0.15) is 0 Å². The number of ether oxygens (including phenoxy) is 1. The molecule has 1 atom stereocenters. The van der Waals surface area contributed by atoms with Crippen molar-refractivity contribution in [1.82, 2.24) is 5.32 Å². The van der Waals surface area contributed by atoms with Gasteiger partial charge in [-0.15, -0.1) is 0 Å². The van der Waals surface area contributed by atoms with E-state index < -0.39 is 11.5 Å². The Balaban J connectivity index is 1.34. The molecular weight excluding hydrogens is 490 g/mol. The van der Waals surface area contributed by atoms with Gasteiger partial charge in [-0.3, -0.25) is 9.59 Å². The van der Waals surface area contributed by atoms with Gasteiger partial charge in [-0.1, -0.05) is 18.2 Å². The number of halogens is 1. The molecule has 6 rings (SSSR count). The molecule has 7 nitrogen and oxygen atoms in total. The number of hydrogen-bond acceptors (Lipinski definition) is 5. The Kier molecular flexibility index (Phi) is 6.11. The molecule has 1 saturated carbocycles. The van der Waals surface area contributed by atoms with Crippen molar-refractivity contribution in [2.24, 2.45) is 0 Å². The average molecular weight is 520 g/mol. The van der Waals surface area contributed by atoms with Crippen LogP contribution in [0.2, 0.25) is 5.22 Å². The summed E-state index contributed by atoms with van der Waals surface area (Å²) in [5.41, 5.74) is 4.16. The molecule has 1 aromatic heterocycles. The summed E-state index contributed by atoms with van der Waals surface area (Å²) in [4.78, 5) is 28.0. The van der Waals surface area contributed by atoms with Gasteiger partial charge in [0, 0.05) is 24.3 Å². The third-order valence-electron chi connectivity index (χ3n) is 7.70. The zero-order valence-corrected chi connectivity index (χ0v) is 21.6. The Morgan fingerprint density at radius 1 is 1.08 bits per heavy atom. The second kappa shape index (κ2) is 9.45. The summed E-state index contributed by atoms with van der Waals surface area (Å²) < 4.78 is 11.5. The Bertz CT molecular complexity index is 1360. The van der Waals surface area contributed by atoms with Crippen molar-refractivity contribution in [3.05, 3.63) is 76.2 Å². The first-order chi connectivity index (χ1) is 17.9.